The third-order valence-electron chi connectivity index (χ3n) is 3.66. The average Bonchev–Trinajstić information content (AvgIpc) is 2.89. The summed E-state index contributed by atoms with van der Waals surface area (Å²) >= 11 is 12.0. The molecule has 0 aromatic heterocycles. The summed E-state index contributed by atoms with van der Waals surface area (Å²) in [5, 5.41) is 9.54. The van der Waals surface area contributed by atoms with Gasteiger partial charge < -0.3 is 9.84 Å². The van der Waals surface area contributed by atoms with Crippen LogP contribution < -0.4 is 4.74 Å². The number of thioether (sulfide) groups is 1. The summed E-state index contributed by atoms with van der Waals surface area (Å²) < 4.78 is 5.97. The summed E-state index contributed by atoms with van der Waals surface area (Å²) in [4.78, 5) is 24.6. The molecular formula is C19H14ClNO4S2. The van der Waals surface area contributed by atoms with Crippen molar-refractivity contribution in [3.8, 4) is 5.75 Å². The number of hydrogen-bond acceptors (Lipinski definition) is 5. The maximum atomic E-state index is 12.3. The number of hydrogen-bond donors (Lipinski definition) is 1. The molecular weight excluding hydrogens is 406 g/mol. The summed E-state index contributed by atoms with van der Waals surface area (Å²) in [6.45, 7) is -0.0101. The van der Waals surface area contributed by atoms with Crippen LogP contribution in [0.15, 0.2) is 53.4 Å². The molecule has 0 bridgehead atoms. The Balaban J connectivity index is 1.64. The molecule has 1 aliphatic heterocycles. The molecule has 0 unspecified atom stereocenters. The molecule has 3 rings (SSSR count). The minimum Gasteiger partial charge on any atom is -0.489 e. The molecule has 1 heterocycles. The van der Waals surface area contributed by atoms with Crippen molar-refractivity contribution in [1.29, 1.82) is 0 Å². The number of halogens is 1. The van der Waals surface area contributed by atoms with Crippen molar-refractivity contribution in [1.82, 2.24) is 4.90 Å². The zero-order valence-corrected chi connectivity index (χ0v) is 16.3. The third-order valence-corrected chi connectivity index (χ3v) is 5.29. The van der Waals surface area contributed by atoms with Crippen LogP contribution in [-0.2, 0) is 16.2 Å². The zero-order chi connectivity index (χ0) is 19.4. The van der Waals surface area contributed by atoms with Gasteiger partial charge in [0.1, 0.15) is 23.2 Å². The average molecular weight is 420 g/mol. The second kappa shape index (κ2) is 8.56. The first-order valence-corrected chi connectivity index (χ1v) is 9.47. The van der Waals surface area contributed by atoms with E-state index in [0.29, 0.717) is 22.3 Å². The van der Waals surface area contributed by atoms with E-state index in [0.717, 1.165) is 27.8 Å². The van der Waals surface area contributed by atoms with E-state index in [2.05, 4.69) is 0 Å². The lowest BCUT2D eigenvalue weighted by molar-refractivity contribution is -0.140. The lowest BCUT2D eigenvalue weighted by atomic mass is 10.2. The molecule has 2 aromatic rings. The number of carbonyl (C=O) groups excluding carboxylic acids is 1. The Morgan fingerprint density at radius 2 is 1.85 bits per heavy atom. The Morgan fingerprint density at radius 1 is 1.19 bits per heavy atom. The van der Waals surface area contributed by atoms with Crippen molar-refractivity contribution in [2.75, 3.05) is 6.54 Å². The predicted molar refractivity (Wildman–Crippen MR) is 110 cm³/mol. The number of nitrogens with zero attached hydrogens (tertiary/aromatic N) is 1. The molecule has 1 fully saturated rings. The summed E-state index contributed by atoms with van der Waals surface area (Å²) in [6.07, 6.45) is 1.68. The van der Waals surface area contributed by atoms with Gasteiger partial charge in [-0.05, 0) is 41.5 Å². The van der Waals surface area contributed by atoms with Crippen LogP contribution in [0.2, 0.25) is 5.02 Å². The molecule has 1 saturated heterocycles. The van der Waals surface area contributed by atoms with E-state index in [9.17, 15) is 9.59 Å². The number of benzene rings is 2. The minimum atomic E-state index is -1.10. The van der Waals surface area contributed by atoms with Crippen molar-refractivity contribution in [3.63, 3.8) is 0 Å². The summed E-state index contributed by atoms with van der Waals surface area (Å²) in [5.74, 6) is -0.800. The lowest BCUT2D eigenvalue weighted by Crippen LogP contribution is -2.33. The molecule has 1 aliphatic rings. The SMILES string of the molecule is O=C(O)CN1C(=O)/C(=C/c2ccc(OCc3ccc(Cl)cc3)cc2)SC1=S. The first-order valence-electron chi connectivity index (χ1n) is 7.87. The first kappa shape index (κ1) is 19.4. The van der Waals surface area contributed by atoms with Crippen molar-refractivity contribution in [3.05, 3.63) is 69.6 Å². The van der Waals surface area contributed by atoms with Crippen molar-refractivity contribution >= 4 is 57.9 Å². The highest BCUT2D eigenvalue weighted by atomic mass is 35.5. The fourth-order valence-corrected chi connectivity index (χ4v) is 3.71. The standard InChI is InChI=1S/C19H14ClNO4S2/c20-14-5-1-13(2-6-14)11-25-15-7-3-12(4-8-15)9-16-18(24)21(10-17(22)23)19(26)27-16/h1-9H,10-11H2,(H,22,23)/b16-9-. The molecule has 0 spiro atoms. The van der Waals surface area contributed by atoms with Gasteiger partial charge in [-0.2, -0.15) is 0 Å². The van der Waals surface area contributed by atoms with Gasteiger partial charge in [-0.15, -0.1) is 0 Å². The fraction of sp³-hybridized carbons (Fsp3) is 0.105. The molecule has 1 N–H and O–H groups in total. The van der Waals surface area contributed by atoms with Crippen molar-refractivity contribution in [2.45, 2.75) is 6.61 Å². The van der Waals surface area contributed by atoms with Gasteiger partial charge >= 0.3 is 5.97 Å². The molecule has 0 aliphatic carbocycles. The molecule has 2 aromatic carbocycles. The molecule has 1 amide bonds. The maximum absolute atomic E-state index is 12.3. The second-order valence-corrected chi connectivity index (χ2v) is 7.76. The molecule has 5 nitrogen and oxygen atoms in total. The number of thiocarbonyl (C=S) groups is 1. The molecule has 8 heteroatoms. The van der Waals surface area contributed by atoms with Gasteiger partial charge in [0.2, 0.25) is 0 Å². The third kappa shape index (κ3) is 5.09. The zero-order valence-electron chi connectivity index (χ0n) is 13.9. The van der Waals surface area contributed by atoms with Crippen LogP contribution >= 0.6 is 35.6 Å². The van der Waals surface area contributed by atoms with E-state index in [1.807, 2.05) is 36.4 Å². The van der Waals surface area contributed by atoms with Gasteiger partial charge in [0.15, 0.2) is 0 Å². The van der Waals surface area contributed by atoms with E-state index in [-0.39, 0.29) is 4.32 Å². The van der Waals surface area contributed by atoms with Crippen LogP contribution in [0.1, 0.15) is 11.1 Å². The number of amides is 1. The van der Waals surface area contributed by atoms with E-state index in [1.54, 1.807) is 18.2 Å². The number of aliphatic carboxylic acids is 1. The summed E-state index contributed by atoms with van der Waals surface area (Å²) in [5.41, 5.74) is 1.80. The van der Waals surface area contributed by atoms with Gasteiger partial charge in [0.25, 0.3) is 5.91 Å². The van der Waals surface area contributed by atoms with Gasteiger partial charge in [0, 0.05) is 5.02 Å². The highest BCUT2D eigenvalue weighted by Crippen LogP contribution is 2.32. The van der Waals surface area contributed by atoms with Gasteiger partial charge in [-0.1, -0.05) is 59.8 Å². The number of carbonyl (C=O) groups is 2. The van der Waals surface area contributed by atoms with E-state index in [1.165, 1.54) is 0 Å². The van der Waals surface area contributed by atoms with Crippen LogP contribution in [0.5, 0.6) is 5.75 Å². The summed E-state index contributed by atoms with van der Waals surface area (Å²) in [6, 6.07) is 14.7. The van der Waals surface area contributed by atoms with E-state index >= 15 is 0 Å². The highest BCUT2D eigenvalue weighted by molar-refractivity contribution is 8.26. The monoisotopic (exact) mass is 419 g/mol. The fourth-order valence-electron chi connectivity index (χ4n) is 2.33. The predicted octanol–water partition coefficient (Wildman–Crippen LogP) is 4.20. The molecule has 27 heavy (non-hydrogen) atoms. The number of carboxylic acids is 1. The smallest absolute Gasteiger partial charge is 0.323 e. The van der Waals surface area contributed by atoms with E-state index in [4.69, 9.17) is 33.7 Å². The van der Waals surface area contributed by atoms with Crippen LogP contribution in [0.25, 0.3) is 6.08 Å². The molecule has 0 atom stereocenters. The van der Waals surface area contributed by atoms with Gasteiger partial charge in [-0.25, -0.2) is 0 Å². The largest absolute Gasteiger partial charge is 0.489 e. The number of rotatable bonds is 6. The van der Waals surface area contributed by atoms with Crippen LogP contribution in [0.3, 0.4) is 0 Å². The van der Waals surface area contributed by atoms with Crippen molar-refractivity contribution in [2.24, 2.45) is 0 Å². The number of ether oxygens (including phenoxy) is 1. The molecule has 0 radical (unpaired) electrons. The van der Waals surface area contributed by atoms with Crippen LogP contribution in [0, 0.1) is 0 Å². The van der Waals surface area contributed by atoms with Gasteiger partial charge in [-0.3, -0.25) is 14.5 Å². The Kier molecular flexibility index (Phi) is 6.15. The Morgan fingerprint density at radius 3 is 2.48 bits per heavy atom. The lowest BCUT2D eigenvalue weighted by Gasteiger charge is -2.10. The summed E-state index contributed by atoms with van der Waals surface area (Å²) in [7, 11) is 0. The van der Waals surface area contributed by atoms with Crippen LogP contribution in [-0.4, -0.2) is 32.7 Å². The topological polar surface area (TPSA) is 66.8 Å². The Labute approximate surface area is 170 Å². The second-order valence-electron chi connectivity index (χ2n) is 5.65. The maximum Gasteiger partial charge on any atom is 0.323 e. The quantitative estimate of drug-likeness (QED) is 0.559. The number of carboxylic acid groups (broad SMARTS) is 1. The highest BCUT2D eigenvalue weighted by Gasteiger charge is 2.33. The molecule has 138 valence electrons. The van der Waals surface area contributed by atoms with Gasteiger partial charge in [0.05, 0.1) is 4.91 Å². The van der Waals surface area contributed by atoms with E-state index < -0.39 is 18.4 Å². The van der Waals surface area contributed by atoms with Crippen molar-refractivity contribution < 1.29 is 19.4 Å². The minimum absolute atomic E-state index is 0.247. The Bertz CT molecular complexity index is 910. The normalized spacial score (nSPS) is 15.4. The first-order chi connectivity index (χ1) is 12.9. The molecule has 0 saturated carbocycles. The Hall–Kier alpha value is -2.35. The van der Waals surface area contributed by atoms with Crippen LogP contribution in [0.4, 0.5) is 0 Å².